The smallest absolute Gasteiger partial charge is 0.217 e. The van der Waals surface area contributed by atoms with Gasteiger partial charge in [-0.2, -0.15) is 0 Å². The minimum atomic E-state index is -3.03. The summed E-state index contributed by atoms with van der Waals surface area (Å²) in [7, 11) is -0.955. The van der Waals surface area contributed by atoms with Crippen LogP contribution in [0.25, 0.3) is 5.69 Å². The standard InChI is InChI=1S/C20H24ClN5O2S/c1-24-9-13-6-15(21)2-5-17(13)26-18(10-24)22-23-19(26)14-7-20(8-14)11-25(12-20)29(27,28)16-3-4-16/h2,5-6,14,16H,3-4,7-12H2,1H3. The Morgan fingerprint density at radius 2 is 1.90 bits per heavy atom. The van der Waals surface area contributed by atoms with Gasteiger partial charge < -0.3 is 0 Å². The first-order valence-corrected chi connectivity index (χ1v) is 12.1. The Bertz CT molecular complexity index is 1100. The highest BCUT2D eigenvalue weighted by atomic mass is 35.5. The molecule has 0 unspecified atom stereocenters. The van der Waals surface area contributed by atoms with Crippen LogP contribution in [0.15, 0.2) is 18.2 Å². The molecule has 4 aliphatic rings. The van der Waals surface area contributed by atoms with Gasteiger partial charge >= 0.3 is 0 Å². The number of benzene rings is 1. The molecule has 0 atom stereocenters. The van der Waals surface area contributed by atoms with E-state index in [-0.39, 0.29) is 10.7 Å². The minimum absolute atomic E-state index is 0.108. The Labute approximate surface area is 175 Å². The summed E-state index contributed by atoms with van der Waals surface area (Å²) in [6.45, 7) is 2.92. The maximum Gasteiger partial charge on any atom is 0.217 e. The fraction of sp³-hybridized carbons (Fsp3) is 0.600. The van der Waals surface area contributed by atoms with Crippen molar-refractivity contribution in [1.29, 1.82) is 0 Å². The van der Waals surface area contributed by atoms with Crippen molar-refractivity contribution in [3.63, 3.8) is 0 Å². The highest BCUT2D eigenvalue weighted by molar-refractivity contribution is 7.90. The monoisotopic (exact) mass is 433 g/mol. The quantitative estimate of drug-likeness (QED) is 0.743. The van der Waals surface area contributed by atoms with Crippen molar-refractivity contribution in [3.8, 4) is 5.69 Å². The molecule has 3 fully saturated rings. The molecule has 6 rings (SSSR count). The molecule has 1 aromatic heterocycles. The molecule has 0 N–H and O–H groups in total. The van der Waals surface area contributed by atoms with Crippen molar-refractivity contribution in [1.82, 2.24) is 24.0 Å². The van der Waals surface area contributed by atoms with Gasteiger partial charge in [0.1, 0.15) is 5.82 Å². The van der Waals surface area contributed by atoms with E-state index in [9.17, 15) is 8.42 Å². The van der Waals surface area contributed by atoms with E-state index < -0.39 is 10.0 Å². The Morgan fingerprint density at radius 1 is 1.14 bits per heavy atom. The van der Waals surface area contributed by atoms with Gasteiger partial charge in [0, 0.05) is 30.6 Å². The SMILES string of the molecule is CN1Cc2cc(Cl)ccc2-n2c(nnc2C2CC3(C2)CN(S(=O)(=O)C2CC2)C3)C1. The number of hydrogen-bond acceptors (Lipinski definition) is 5. The number of aromatic nitrogens is 3. The third-order valence-corrected chi connectivity index (χ3v) is 9.47. The van der Waals surface area contributed by atoms with Crippen molar-refractivity contribution in [2.45, 2.75) is 49.9 Å². The molecule has 154 valence electrons. The minimum Gasteiger partial charge on any atom is -0.295 e. The number of fused-ring (bicyclic) bond motifs is 3. The van der Waals surface area contributed by atoms with Crippen LogP contribution < -0.4 is 0 Å². The molecule has 1 saturated heterocycles. The van der Waals surface area contributed by atoms with E-state index in [1.165, 1.54) is 5.56 Å². The maximum atomic E-state index is 12.4. The Kier molecular flexibility index (Phi) is 3.81. The van der Waals surface area contributed by atoms with E-state index in [0.29, 0.717) is 19.0 Å². The van der Waals surface area contributed by atoms with Crippen molar-refractivity contribution >= 4 is 21.6 Å². The van der Waals surface area contributed by atoms with Crippen LogP contribution >= 0.6 is 11.6 Å². The van der Waals surface area contributed by atoms with Crippen LogP contribution in [0.3, 0.4) is 0 Å². The summed E-state index contributed by atoms with van der Waals surface area (Å²) < 4.78 is 28.8. The second-order valence-electron chi connectivity index (χ2n) is 9.37. The lowest BCUT2D eigenvalue weighted by Gasteiger charge is -2.58. The molecular formula is C20H24ClN5O2S. The van der Waals surface area contributed by atoms with Crippen LogP contribution in [-0.2, 0) is 23.1 Å². The molecule has 29 heavy (non-hydrogen) atoms. The predicted octanol–water partition coefficient (Wildman–Crippen LogP) is 2.54. The van der Waals surface area contributed by atoms with Crippen molar-refractivity contribution in [2.24, 2.45) is 5.41 Å². The summed E-state index contributed by atoms with van der Waals surface area (Å²) >= 11 is 6.25. The van der Waals surface area contributed by atoms with Gasteiger partial charge in [-0.15, -0.1) is 10.2 Å². The highest BCUT2D eigenvalue weighted by Gasteiger charge is 2.58. The van der Waals surface area contributed by atoms with Crippen LogP contribution in [0.2, 0.25) is 5.02 Å². The fourth-order valence-electron chi connectivity index (χ4n) is 5.33. The summed E-state index contributed by atoms with van der Waals surface area (Å²) in [5.41, 5.74) is 2.43. The molecule has 0 amide bonds. The van der Waals surface area contributed by atoms with E-state index in [1.807, 2.05) is 12.1 Å². The van der Waals surface area contributed by atoms with E-state index in [0.717, 1.165) is 61.1 Å². The zero-order valence-electron chi connectivity index (χ0n) is 16.4. The number of hydrogen-bond donors (Lipinski definition) is 0. The third-order valence-electron chi connectivity index (χ3n) is 6.94. The van der Waals surface area contributed by atoms with Crippen LogP contribution in [0.1, 0.15) is 48.8 Å². The van der Waals surface area contributed by atoms with E-state index in [2.05, 4.69) is 32.8 Å². The summed E-state index contributed by atoms with van der Waals surface area (Å²) in [6, 6.07) is 6.02. The predicted molar refractivity (Wildman–Crippen MR) is 109 cm³/mol. The Balaban J connectivity index is 1.25. The lowest BCUT2D eigenvalue weighted by atomic mass is 9.58. The summed E-state index contributed by atoms with van der Waals surface area (Å²) in [5, 5.41) is 9.70. The van der Waals surface area contributed by atoms with E-state index in [4.69, 9.17) is 11.6 Å². The van der Waals surface area contributed by atoms with Gasteiger partial charge in [0.15, 0.2) is 5.82 Å². The first-order valence-electron chi connectivity index (χ1n) is 10.3. The third kappa shape index (κ3) is 2.80. The van der Waals surface area contributed by atoms with Crippen LogP contribution in [0, 0.1) is 5.41 Å². The van der Waals surface area contributed by atoms with Crippen LogP contribution in [-0.4, -0.2) is 57.8 Å². The molecule has 1 spiro atoms. The Hall–Kier alpha value is -1.48. The molecule has 1 aromatic carbocycles. The van der Waals surface area contributed by atoms with Gasteiger partial charge in [-0.3, -0.25) is 9.47 Å². The second-order valence-corrected chi connectivity index (χ2v) is 12.0. The normalized spacial score (nSPS) is 24.5. The summed E-state index contributed by atoms with van der Waals surface area (Å²) in [6.07, 6.45) is 3.64. The van der Waals surface area contributed by atoms with Gasteiger partial charge in [-0.1, -0.05) is 11.6 Å². The van der Waals surface area contributed by atoms with Crippen LogP contribution in [0.5, 0.6) is 0 Å². The van der Waals surface area contributed by atoms with Crippen molar-refractivity contribution in [3.05, 3.63) is 40.4 Å². The highest BCUT2D eigenvalue weighted by Crippen LogP contribution is 2.57. The van der Waals surface area contributed by atoms with Gasteiger partial charge in [0.2, 0.25) is 10.0 Å². The fourth-order valence-corrected chi connectivity index (χ4v) is 7.59. The molecule has 7 nitrogen and oxygen atoms in total. The summed E-state index contributed by atoms with van der Waals surface area (Å²) in [4.78, 5) is 2.22. The van der Waals surface area contributed by atoms with Gasteiger partial charge in [-0.25, -0.2) is 12.7 Å². The lowest BCUT2D eigenvalue weighted by molar-refractivity contribution is -0.0283. The van der Waals surface area contributed by atoms with Crippen molar-refractivity contribution < 1.29 is 8.42 Å². The molecule has 0 radical (unpaired) electrons. The van der Waals surface area contributed by atoms with Crippen molar-refractivity contribution in [2.75, 3.05) is 20.1 Å². The molecule has 9 heteroatoms. The first-order chi connectivity index (χ1) is 13.8. The van der Waals surface area contributed by atoms with Gasteiger partial charge in [0.25, 0.3) is 0 Å². The largest absolute Gasteiger partial charge is 0.295 e. The lowest BCUT2D eigenvalue weighted by Crippen LogP contribution is -2.63. The molecule has 2 saturated carbocycles. The molecule has 0 bridgehead atoms. The number of sulfonamides is 1. The number of rotatable bonds is 3. The maximum absolute atomic E-state index is 12.4. The van der Waals surface area contributed by atoms with Gasteiger partial charge in [-0.05, 0) is 61.9 Å². The van der Waals surface area contributed by atoms with Gasteiger partial charge in [0.05, 0.1) is 17.5 Å². The zero-order chi connectivity index (χ0) is 20.0. The average molecular weight is 434 g/mol. The molecule has 2 aliphatic carbocycles. The Morgan fingerprint density at radius 3 is 2.62 bits per heavy atom. The molecular weight excluding hydrogens is 410 g/mol. The van der Waals surface area contributed by atoms with Crippen LogP contribution in [0.4, 0.5) is 0 Å². The summed E-state index contributed by atoms with van der Waals surface area (Å²) in [5.74, 6) is 2.29. The molecule has 2 aliphatic heterocycles. The number of nitrogens with zero attached hydrogens (tertiary/aromatic N) is 5. The topological polar surface area (TPSA) is 71.3 Å². The average Bonchev–Trinajstić information content (AvgIpc) is 3.38. The first kappa shape index (κ1) is 18.3. The zero-order valence-corrected chi connectivity index (χ0v) is 18.0. The second kappa shape index (κ2) is 6.03. The molecule has 3 heterocycles. The van der Waals surface area contributed by atoms with E-state index >= 15 is 0 Å². The number of halogens is 1. The van der Waals surface area contributed by atoms with E-state index in [1.54, 1.807) is 4.31 Å². The molecule has 2 aromatic rings.